The van der Waals surface area contributed by atoms with Crippen LogP contribution in [-0.2, 0) is 14.4 Å². The maximum absolute atomic E-state index is 11.1. The average Bonchev–Trinajstić information content (AvgIpc) is 2.28. The summed E-state index contributed by atoms with van der Waals surface area (Å²) in [5.41, 5.74) is 3.81. The molecule has 0 radical (unpaired) electrons. The predicted molar refractivity (Wildman–Crippen MR) is 55.2 cm³/mol. The Hall–Kier alpha value is -1.71. The zero-order valence-corrected chi connectivity index (χ0v) is 8.95. The number of nitrogens with zero attached hydrogens (tertiary/aromatic N) is 1. The molecular formula is C7H16N6O3. The van der Waals surface area contributed by atoms with Crippen molar-refractivity contribution in [2.24, 2.45) is 11.7 Å². The van der Waals surface area contributed by atoms with Gasteiger partial charge < -0.3 is 5.32 Å². The first-order valence-electron chi connectivity index (χ1n) is 4.45. The standard InChI is InChI=1S/C7H16N6O3/c1-10-5(14)2-13(3-6(15)11-8)4-7(16)12-9/h2-4,8-9H2,1H3,(H,10,14)(H,11,15)(H,12,16). The van der Waals surface area contributed by atoms with Gasteiger partial charge >= 0.3 is 0 Å². The van der Waals surface area contributed by atoms with Gasteiger partial charge in [0, 0.05) is 7.05 Å². The fourth-order valence-corrected chi connectivity index (χ4v) is 0.947. The van der Waals surface area contributed by atoms with E-state index in [9.17, 15) is 14.4 Å². The molecule has 0 aromatic heterocycles. The van der Waals surface area contributed by atoms with Gasteiger partial charge in [0.15, 0.2) is 0 Å². The molecule has 0 saturated heterocycles. The van der Waals surface area contributed by atoms with Crippen LogP contribution in [0.5, 0.6) is 0 Å². The SMILES string of the molecule is CNC(=O)CN(CC(=O)NN)CC(=O)NN. The molecule has 0 bridgehead atoms. The van der Waals surface area contributed by atoms with Crippen LogP contribution in [0, 0.1) is 0 Å². The van der Waals surface area contributed by atoms with Gasteiger partial charge in [0.1, 0.15) is 0 Å². The molecular weight excluding hydrogens is 216 g/mol. The van der Waals surface area contributed by atoms with Crippen molar-refractivity contribution < 1.29 is 14.4 Å². The van der Waals surface area contributed by atoms with Crippen LogP contribution in [0.1, 0.15) is 0 Å². The third kappa shape index (κ3) is 5.90. The number of hydrazine groups is 2. The molecule has 0 saturated carbocycles. The molecule has 3 amide bonds. The number of rotatable bonds is 6. The smallest absolute Gasteiger partial charge is 0.248 e. The van der Waals surface area contributed by atoms with Crippen LogP contribution in [0.3, 0.4) is 0 Å². The number of nitrogens with one attached hydrogen (secondary N) is 3. The fourth-order valence-electron chi connectivity index (χ4n) is 0.947. The van der Waals surface area contributed by atoms with E-state index in [0.29, 0.717) is 0 Å². The summed E-state index contributed by atoms with van der Waals surface area (Å²) < 4.78 is 0. The van der Waals surface area contributed by atoms with Crippen molar-refractivity contribution in [3.05, 3.63) is 0 Å². The van der Waals surface area contributed by atoms with E-state index in [2.05, 4.69) is 5.32 Å². The lowest BCUT2D eigenvalue weighted by Crippen LogP contribution is -2.48. The molecule has 0 aliphatic carbocycles. The van der Waals surface area contributed by atoms with E-state index in [1.807, 2.05) is 10.9 Å². The quantitative estimate of drug-likeness (QED) is 0.179. The van der Waals surface area contributed by atoms with Gasteiger partial charge in [-0.2, -0.15) is 0 Å². The van der Waals surface area contributed by atoms with Crippen molar-refractivity contribution in [2.75, 3.05) is 26.7 Å². The number of amides is 3. The molecule has 0 rings (SSSR count). The van der Waals surface area contributed by atoms with E-state index in [0.717, 1.165) is 0 Å². The first-order valence-corrected chi connectivity index (χ1v) is 4.45. The third-order valence-corrected chi connectivity index (χ3v) is 1.70. The molecule has 0 aliphatic heterocycles. The van der Waals surface area contributed by atoms with E-state index in [1.54, 1.807) is 0 Å². The summed E-state index contributed by atoms with van der Waals surface area (Å²) >= 11 is 0. The highest BCUT2D eigenvalue weighted by Gasteiger charge is 2.16. The highest BCUT2D eigenvalue weighted by Crippen LogP contribution is 1.87. The number of likely N-dealkylation sites (N-methyl/N-ethyl adjacent to an activating group) is 1. The molecule has 9 heteroatoms. The monoisotopic (exact) mass is 232 g/mol. The van der Waals surface area contributed by atoms with E-state index in [-0.39, 0.29) is 25.5 Å². The van der Waals surface area contributed by atoms with E-state index in [4.69, 9.17) is 11.7 Å². The second kappa shape index (κ2) is 7.56. The molecule has 0 fully saturated rings. The van der Waals surface area contributed by atoms with Crippen molar-refractivity contribution in [3.8, 4) is 0 Å². The van der Waals surface area contributed by atoms with Gasteiger partial charge in [0.2, 0.25) is 17.7 Å². The molecule has 92 valence electrons. The summed E-state index contributed by atoms with van der Waals surface area (Å²) in [4.78, 5) is 34.4. The zero-order chi connectivity index (χ0) is 12.6. The Morgan fingerprint density at radius 2 is 1.31 bits per heavy atom. The molecule has 16 heavy (non-hydrogen) atoms. The lowest BCUT2D eigenvalue weighted by Gasteiger charge is -2.18. The Morgan fingerprint density at radius 1 is 0.938 bits per heavy atom. The van der Waals surface area contributed by atoms with Crippen LogP contribution < -0.4 is 27.9 Å². The molecule has 0 unspecified atom stereocenters. The Bertz CT molecular complexity index is 226. The summed E-state index contributed by atoms with van der Waals surface area (Å²) in [6, 6.07) is 0. The molecule has 0 atom stereocenters. The maximum atomic E-state index is 11.1. The van der Waals surface area contributed by atoms with Crippen molar-refractivity contribution in [1.29, 1.82) is 0 Å². The van der Waals surface area contributed by atoms with Crippen molar-refractivity contribution in [3.63, 3.8) is 0 Å². The van der Waals surface area contributed by atoms with E-state index < -0.39 is 11.8 Å². The maximum Gasteiger partial charge on any atom is 0.248 e. The highest BCUT2D eigenvalue weighted by atomic mass is 16.2. The van der Waals surface area contributed by atoms with Gasteiger partial charge in [-0.25, -0.2) is 11.7 Å². The lowest BCUT2D eigenvalue weighted by atomic mass is 10.4. The number of nitrogens with two attached hydrogens (primary N) is 2. The molecule has 7 N–H and O–H groups in total. The van der Waals surface area contributed by atoms with Crippen LogP contribution in [0.4, 0.5) is 0 Å². The van der Waals surface area contributed by atoms with Crippen LogP contribution in [-0.4, -0.2) is 49.3 Å². The second-order valence-electron chi connectivity index (χ2n) is 2.95. The Balaban J connectivity index is 4.31. The second-order valence-corrected chi connectivity index (χ2v) is 2.95. The van der Waals surface area contributed by atoms with Gasteiger partial charge in [-0.3, -0.25) is 30.1 Å². The molecule has 0 aromatic rings. The molecule has 0 heterocycles. The predicted octanol–water partition coefficient (Wildman–Crippen LogP) is -3.99. The topological polar surface area (TPSA) is 143 Å². The molecule has 9 nitrogen and oxygen atoms in total. The van der Waals surface area contributed by atoms with Gasteiger partial charge in [-0.1, -0.05) is 0 Å². The molecule has 0 spiro atoms. The minimum atomic E-state index is -0.506. The van der Waals surface area contributed by atoms with E-state index >= 15 is 0 Å². The van der Waals surface area contributed by atoms with Crippen LogP contribution in [0.2, 0.25) is 0 Å². The van der Waals surface area contributed by atoms with Crippen LogP contribution >= 0.6 is 0 Å². The van der Waals surface area contributed by atoms with E-state index in [1.165, 1.54) is 11.9 Å². The van der Waals surface area contributed by atoms with Crippen LogP contribution in [0.25, 0.3) is 0 Å². The minimum Gasteiger partial charge on any atom is -0.358 e. The first kappa shape index (κ1) is 14.3. The number of hydrogen-bond acceptors (Lipinski definition) is 6. The molecule has 0 aromatic carbocycles. The Morgan fingerprint density at radius 3 is 1.62 bits per heavy atom. The fraction of sp³-hybridized carbons (Fsp3) is 0.571. The van der Waals surface area contributed by atoms with Crippen molar-refractivity contribution in [2.45, 2.75) is 0 Å². The number of carbonyl (C=O) groups is 3. The highest BCUT2D eigenvalue weighted by molar-refractivity contribution is 5.83. The van der Waals surface area contributed by atoms with Crippen LogP contribution in [0.15, 0.2) is 0 Å². The summed E-state index contributed by atoms with van der Waals surface area (Å²) in [5.74, 6) is 8.45. The Labute approximate surface area is 92.4 Å². The summed E-state index contributed by atoms with van der Waals surface area (Å²) in [6.07, 6.45) is 0. The first-order chi connectivity index (χ1) is 7.53. The Kier molecular flexibility index (Phi) is 6.76. The summed E-state index contributed by atoms with van der Waals surface area (Å²) in [6.45, 7) is -0.438. The summed E-state index contributed by atoms with van der Waals surface area (Å²) in [7, 11) is 1.45. The minimum absolute atomic E-state index is 0.0999. The largest absolute Gasteiger partial charge is 0.358 e. The zero-order valence-electron chi connectivity index (χ0n) is 8.95. The molecule has 0 aliphatic rings. The van der Waals surface area contributed by atoms with Gasteiger partial charge in [-0.15, -0.1) is 0 Å². The normalized spacial score (nSPS) is 9.75. The van der Waals surface area contributed by atoms with Gasteiger partial charge in [0.25, 0.3) is 0 Å². The van der Waals surface area contributed by atoms with Crippen molar-refractivity contribution >= 4 is 17.7 Å². The summed E-state index contributed by atoms with van der Waals surface area (Å²) in [5, 5.41) is 2.37. The number of hydrogen-bond donors (Lipinski definition) is 5. The third-order valence-electron chi connectivity index (χ3n) is 1.70. The van der Waals surface area contributed by atoms with Crippen molar-refractivity contribution in [1.82, 2.24) is 21.1 Å². The number of carbonyl (C=O) groups excluding carboxylic acids is 3. The van der Waals surface area contributed by atoms with Gasteiger partial charge in [0.05, 0.1) is 19.6 Å². The average molecular weight is 232 g/mol. The van der Waals surface area contributed by atoms with Gasteiger partial charge in [-0.05, 0) is 0 Å². The lowest BCUT2D eigenvalue weighted by molar-refractivity contribution is -0.127.